The highest BCUT2D eigenvalue weighted by Crippen LogP contribution is 2.33. The Morgan fingerprint density at radius 3 is 2.50 bits per heavy atom. The van der Waals surface area contributed by atoms with E-state index >= 15 is 0 Å². The Hall–Kier alpha value is -3.02. The van der Waals surface area contributed by atoms with Gasteiger partial charge in [-0.3, -0.25) is 9.78 Å². The predicted octanol–water partition coefficient (Wildman–Crippen LogP) is 3.19. The summed E-state index contributed by atoms with van der Waals surface area (Å²) >= 11 is 0. The van der Waals surface area contributed by atoms with Gasteiger partial charge >= 0.3 is 0 Å². The Balaban J connectivity index is 1.72. The summed E-state index contributed by atoms with van der Waals surface area (Å²) < 4.78 is 1.95. The maximum Gasteiger partial charge on any atom is 0.254 e. The molecule has 1 aromatic carbocycles. The van der Waals surface area contributed by atoms with Gasteiger partial charge < -0.3 is 4.90 Å². The van der Waals surface area contributed by atoms with Crippen LogP contribution in [-0.4, -0.2) is 37.1 Å². The number of amides is 1. The van der Waals surface area contributed by atoms with Crippen molar-refractivity contribution >= 4 is 5.91 Å². The van der Waals surface area contributed by atoms with Crippen molar-refractivity contribution in [3.8, 4) is 11.4 Å². The summed E-state index contributed by atoms with van der Waals surface area (Å²) in [4.78, 5) is 23.8. The maximum absolute atomic E-state index is 13.0. The molecule has 0 fully saturated rings. The minimum Gasteiger partial charge on any atom is -0.326 e. The van der Waals surface area contributed by atoms with E-state index in [1.165, 1.54) is 0 Å². The van der Waals surface area contributed by atoms with E-state index in [0.717, 1.165) is 11.4 Å². The molecule has 6 heteroatoms. The lowest BCUT2D eigenvalue weighted by molar-refractivity contribution is 0.0536. The minimum absolute atomic E-state index is 0.0154. The highest BCUT2D eigenvalue weighted by Gasteiger charge is 2.36. The number of pyridine rings is 1. The van der Waals surface area contributed by atoms with Gasteiger partial charge in [-0.15, -0.1) is 0 Å². The molecule has 4 rings (SSSR count). The van der Waals surface area contributed by atoms with Crippen LogP contribution in [0.2, 0.25) is 0 Å². The van der Waals surface area contributed by atoms with E-state index in [0.29, 0.717) is 24.5 Å². The van der Waals surface area contributed by atoms with Crippen molar-refractivity contribution in [3.05, 3.63) is 66.2 Å². The summed E-state index contributed by atoms with van der Waals surface area (Å²) in [5.74, 6) is 1.81. The third-order valence-corrected chi connectivity index (χ3v) is 4.70. The molecule has 1 aliphatic heterocycles. The van der Waals surface area contributed by atoms with Crippen LogP contribution in [0.5, 0.6) is 0 Å². The summed E-state index contributed by atoms with van der Waals surface area (Å²) in [7, 11) is 0. The van der Waals surface area contributed by atoms with Gasteiger partial charge in [0, 0.05) is 30.1 Å². The highest BCUT2D eigenvalue weighted by molar-refractivity contribution is 5.94. The molecule has 0 radical (unpaired) electrons. The van der Waals surface area contributed by atoms with Crippen LogP contribution in [0, 0.1) is 5.92 Å². The molecule has 2 aromatic heterocycles. The lowest BCUT2D eigenvalue weighted by Crippen LogP contribution is -2.44. The summed E-state index contributed by atoms with van der Waals surface area (Å²) in [5.41, 5.74) is 1.64. The van der Waals surface area contributed by atoms with Crippen LogP contribution in [0.1, 0.15) is 36.1 Å². The molecular weight excluding hydrogens is 326 g/mol. The number of hydrogen-bond acceptors (Lipinski definition) is 4. The van der Waals surface area contributed by atoms with Crippen LogP contribution in [0.15, 0.2) is 54.9 Å². The Labute approximate surface area is 152 Å². The number of rotatable bonds is 3. The zero-order valence-corrected chi connectivity index (χ0v) is 14.9. The number of fused-ring (bicyclic) bond motifs is 1. The fraction of sp³-hybridized carbons (Fsp3) is 0.300. The first-order valence-electron chi connectivity index (χ1n) is 8.86. The SMILES string of the molecule is CC(C)[C@H]1c2nc(-c3ccccc3)nn2CCN1C(=O)c1ccncc1. The smallest absolute Gasteiger partial charge is 0.254 e. The van der Waals surface area contributed by atoms with E-state index in [2.05, 4.69) is 23.9 Å². The quantitative estimate of drug-likeness (QED) is 0.730. The van der Waals surface area contributed by atoms with Gasteiger partial charge in [-0.1, -0.05) is 44.2 Å². The molecule has 0 bridgehead atoms. The molecule has 132 valence electrons. The predicted molar refractivity (Wildman–Crippen MR) is 98.3 cm³/mol. The summed E-state index contributed by atoms with van der Waals surface area (Å²) in [5, 5.41) is 4.68. The number of nitrogens with zero attached hydrogens (tertiary/aromatic N) is 5. The largest absolute Gasteiger partial charge is 0.326 e. The molecular formula is C20H21N5O. The molecule has 3 heterocycles. The lowest BCUT2D eigenvalue weighted by Gasteiger charge is -2.37. The van der Waals surface area contributed by atoms with Crippen LogP contribution < -0.4 is 0 Å². The van der Waals surface area contributed by atoms with Gasteiger partial charge in [0.25, 0.3) is 5.91 Å². The Morgan fingerprint density at radius 1 is 1.08 bits per heavy atom. The molecule has 0 unspecified atom stereocenters. The number of carbonyl (C=O) groups is 1. The number of hydrogen-bond donors (Lipinski definition) is 0. The zero-order chi connectivity index (χ0) is 18.1. The molecule has 0 spiro atoms. The van der Waals surface area contributed by atoms with E-state index in [4.69, 9.17) is 4.98 Å². The first kappa shape index (κ1) is 16.4. The zero-order valence-electron chi connectivity index (χ0n) is 14.9. The van der Waals surface area contributed by atoms with Crippen LogP contribution >= 0.6 is 0 Å². The van der Waals surface area contributed by atoms with Gasteiger partial charge in [0.15, 0.2) is 11.6 Å². The number of carbonyl (C=O) groups excluding carboxylic acids is 1. The standard InChI is InChI=1S/C20H21N5O/c1-14(2)17-19-22-18(15-6-4-3-5-7-15)23-25(19)13-12-24(17)20(26)16-8-10-21-11-9-16/h3-11,14,17H,12-13H2,1-2H3/t17-/m0/s1. The van der Waals surface area contributed by atoms with Gasteiger partial charge in [-0.2, -0.15) is 5.10 Å². The average Bonchev–Trinajstić information content (AvgIpc) is 3.12. The maximum atomic E-state index is 13.0. The molecule has 0 N–H and O–H groups in total. The second kappa shape index (κ2) is 6.71. The summed E-state index contributed by atoms with van der Waals surface area (Å²) in [6, 6.07) is 13.4. The molecule has 0 aliphatic carbocycles. The van der Waals surface area contributed by atoms with Crippen molar-refractivity contribution in [1.29, 1.82) is 0 Å². The molecule has 0 saturated carbocycles. The van der Waals surface area contributed by atoms with Crippen molar-refractivity contribution < 1.29 is 4.79 Å². The molecule has 1 aliphatic rings. The minimum atomic E-state index is -0.102. The topological polar surface area (TPSA) is 63.9 Å². The Morgan fingerprint density at radius 2 is 1.81 bits per heavy atom. The monoisotopic (exact) mass is 347 g/mol. The first-order valence-corrected chi connectivity index (χ1v) is 8.86. The highest BCUT2D eigenvalue weighted by atomic mass is 16.2. The van der Waals surface area contributed by atoms with Crippen LogP contribution in [0.3, 0.4) is 0 Å². The lowest BCUT2D eigenvalue weighted by atomic mass is 9.99. The van der Waals surface area contributed by atoms with Crippen LogP contribution in [0.4, 0.5) is 0 Å². The molecule has 3 aromatic rings. The van der Waals surface area contributed by atoms with Crippen molar-refractivity contribution in [2.45, 2.75) is 26.4 Å². The summed E-state index contributed by atoms with van der Waals surface area (Å²) in [6.45, 7) is 5.50. The Kier molecular flexibility index (Phi) is 4.24. The number of benzene rings is 1. The van der Waals surface area contributed by atoms with Gasteiger partial charge in [-0.05, 0) is 18.1 Å². The Bertz CT molecular complexity index is 904. The number of aromatic nitrogens is 4. The van der Waals surface area contributed by atoms with Gasteiger partial charge in [0.05, 0.1) is 12.6 Å². The van der Waals surface area contributed by atoms with E-state index < -0.39 is 0 Å². The third-order valence-electron chi connectivity index (χ3n) is 4.70. The fourth-order valence-corrected chi connectivity index (χ4v) is 3.47. The first-order chi connectivity index (χ1) is 12.6. The molecule has 1 atom stereocenters. The van der Waals surface area contributed by atoms with Crippen molar-refractivity contribution in [1.82, 2.24) is 24.6 Å². The second-order valence-electron chi connectivity index (χ2n) is 6.81. The molecule has 0 saturated heterocycles. The van der Waals surface area contributed by atoms with Gasteiger partial charge in [0.2, 0.25) is 0 Å². The summed E-state index contributed by atoms with van der Waals surface area (Å²) in [6.07, 6.45) is 3.30. The normalized spacial score (nSPS) is 16.6. The van der Waals surface area contributed by atoms with E-state index in [9.17, 15) is 4.79 Å². The average molecular weight is 347 g/mol. The molecule has 26 heavy (non-hydrogen) atoms. The van der Waals surface area contributed by atoms with Crippen LogP contribution in [-0.2, 0) is 6.54 Å². The molecule has 6 nitrogen and oxygen atoms in total. The van der Waals surface area contributed by atoms with Gasteiger partial charge in [0.1, 0.15) is 0 Å². The van der Waals surface area contributed by atoms with Gasteiger partial charge in [-0.25, -0.2) is 9.67 Å². The van der Waals surface area contributed by atoms with E-state index in [1.807, 2.05) is 39.9 Å². The van der Waals surface area contributed by atoms with E-state index in [-0.39, 0.29) is 17.9 Å². The molecule has 1 amide bonds. The third kappa shape index (κ3) is 2.87. The van der Waals surface area contributed by atoms with E-state index in [1.54, 1.807) is 24.5 Å². The van der Waals surface area contributed by atoms with Crippen molar-refractivity contribution in [2.24, 2.45) is 5.92 Å². The fourth-order valence-electron chi connectivity index (χ4n) is 3.47. The second-order valence-corrected chi connectivity index (χ2v) is 6.81. The van der Waals surface area contributed by atoms with Crippen molar-refractivity contribution in [3.63, 3.8) is 0 Å². The van der Waals surface area contributed by atoms with Crippen LogP contribution in [0.25, 0.3) is 11.4 Å². The van der Waals surface area contributed by atoms with Crippen molar-refractivity contribution in [2.75, 3.05) is 6.54 Å².